The van der Waals surface area contributed by atoms with Crippen LogP contribution in [0.15, 0.2) is 42.5 Å². The Balaban J connectivity index is 2.41. The predicted octanol–water partition coefficient (Wildman–Crippen LogP) is 5.33. The minimum absolute atomic E-state index is 0.217. The van der Waals surface area contributed by atoms with E-state index >= 15 is 0 Å². The van der Waals surface area contributed by atoms with Crippen LogP contribution in [0.4, 0.5) is 4.39 Å². The van der Waals surface area contributed by atoms with Gasteiger partial charge in [0.1, 0.15) is 17.3 Å². The van der Waals surface area contributed by atoms with Crippen molar-refractivity contribution in [2.24, 2.45) is 0 Å². The lowest BCUT2D eigenvalue weighted by Crippen LogP contribution is -2.01. The molecule has 0 fully saturated rings. The van der Waals surface area contributed by atoms with Crippen molar-refractivity contribution in [3.05, 3.63) is 59.4 Å². The average Bonchev–Trinajstić information content (AvgIpc) is 2.48. The highest BCUT2D eigenvalue weighted by Gasteiger charge is 2.14. The highest BCUT2D eigenvalue weighted by Crippen LogP contribution is 2.33. The zero-order valence-electron chi connectivity index (χ0n) is 12.5. The number of ether oxygens (including phenoxy) is 1. The molecule has 0 aliphatic rings. The minimum atomic E-state index is -0.442. The van der Waals surface area contributed by atoms with Gasteiger partial charge < -0.3 is 4.74 Å². The molecule has 2 aromatic carbocycles. The maximum atomic E-state index is 13.3. The van der Waals surface area contributed by atoms with Crippen LogP contribution in [-0.4, -0.2) is 5.78 Å². The van der Waals surface area contributed by atoms with Gasteiger partial charge in [-0.1, -0.05) is 32.0 Å². The van der Waals surface area contributed by atoms with Crippen LogP contribution < -0.4 is 4.74 Å². The minimum Gasteiger partial charge on any atom is -0.456 e. The summed E-state index contributed by atoms with van der Waals surface area (Å²) in [5, 5.41) is 0. The third kappa shape index (κ3) is 3.48. The van der Waals surface area contributed by atoms with Gasteiger partial charge in [-0.05, 0) is 49.1 Å². The van der Waals surface area contributed by atoms with E-state index in [1.54, 1.807) is 0 Å². The van der Waals surface area contributed by atoms with Gasteiger partial charge in [0, 0.05) is 0 Å². The first-order valence-electron chi connectivity index (χ1n) is 7.10. The first-order chi connectivity index (χ1) is 10.0. The Labute approximate surface area is 124 Å². The van der Waals surface area contributed by atoms with E-state index in [2.05, 4.69) is 13.8 Å². The number of rotatable bonds is 5. The summed E-state index contributed by atoms with van der Waals surface area (Å²) in [6.45, 7) is 5.64. The van der Waals surface area contributed by atoms with Crippen LogP contribution in [-0.2, 0) is 0 Å². The molecule has 0 saturated heterocycles. The molecule has 1 unspecified atom stereocenters. The molecule has 0 aromatic heterocycles. The Morgan fingerprint density at radius 3 is 2.57 bits per heavy atom. The summed E-state index contributed by atoms with van der Waals surface area (Å²) in [5.74, 6) is 0.788. The summed E-state index contributed by atoms with van der Waals surface area (Å²) in [5.41, 5.74) is 1.34. The van der Waals surface area contributed by atoms with Crippen LogP contribution >= 0.6 is 0 Å². The Bertz CT molecular complexity index is 649. The molecule has 110 valence electrons. The van der Waals surface area contributed by atoms with Crippen molar-refractivity contribution < 1.29 is 13.9 Å². The molecule has 1 atom stereocenters. The molecule has 0 saturated carbocycles. The van der Waals surface area contributed by atoms with Gasteiger partial charge in [-0.15, -0.1) is 0 Å². The monoisotopic (exact) mass is 286 g/mol. The first-order valence-corrected chi connectivity index (χ1v) is 7.10. The van der Waals surface area contributed by atoms with Gasteiger partial charge in [0.15, 0.2) is 5.78 Å². The number of carbonyl (C=O) groups is 1. The SMILES string of the molecule is CCC(C)c1ccccc1Oc1ccc(F)cc1C(C)=O. The van der Waals surface area contributed by atoms with Gasteiger partial charge in [0.25, 0.3) is 0 Å². The smallest absolute Gasteiger partial charge is 0.163 e. The molecule has 0 aliphatic heterocycles. The molecule has 3 heteroatoms. The second kappa shape index (κ2) is 6.53. The summed E-state index contributed by atoms with van der Waals surface area (Å²) in [6, 6.07) is 11.7. The number of carbonyl (C=O) groups excluding carboxylic acids is 1. The zero-order valence-corrected chi connectivity index (χ0v) is 12.5. The van der Waals surface area contributed by atoms with Crippen LogP contribution in [0.25, 0.3) is 0 Å². The van der Waals surface area contributed by atoms with Gasteiger partial charge in [-0.25, -0.2) is 4.39 Å². The van der Waals surface area contributed by atoms with Gasteiger partial charge >= 0.3 is 0 Å². The molecule has 2 aromatic rings. The van der Waals surface area contributed by atoms with E-state index in [0.29, 0.717) is 17.4 Å². The van der Waals surface area contributed by atoms with Gasteiger partial charge in [-0.3, -0.25) is 4.79 Å². The van der Waals surface area contributed by atoms with Gasteiger partial charge in [-0.2, -0.15) is 0 Å². The van der Waals surface area contributed by atoms with Crippen LogP contribution in [0.2, 0.25) is 0 Å². The van der Waals surface area contributed by atoms with E-state index in [9.17, 15) is 9.18 Å². The van der Waals surface area contributed by atoms with E-state index in [-0.39, 0.29) is 11.3 Å². The number of para-hydroxylation sites is 1. The van der Waals surface area contributed by atoms with Crippen LogP contribution in [0, 0.1) is 5.82 Å². The lowest BCUT2D eigenvalue weighted by atomic mass is 9.98. The Kier molecular flexibility index (Phi) is 4.73. The highest BCUT2D eigenvalue weighted by molar-refractivity contribution is 5.96. The molecule has 0 N–H and O–H groups in total. The summed E-state index contributed by atoms with van der Waals surface area (Å²) >= 11 is 0. The Hall–Kier alpha value is -2.16. The van der Waals surface area contributed by atoms with E-state index < -0.39 is 5.82 Å². The van der Waals surface area contributed by atoms with Crippen molar-refractivity contribution in [3.63, 3.8) is 0 Å². The molecular weight excluding hydrogens is 267 g/mol. The number of ketones is 1. The normalized spacial score (nSPS) is 12.0. The molecule has 2 nitrogen and oxygen atoms in total. The first kappa shape index (κ1) is 15.2. The summed E-state index contributed by atoms with van der Waals surface area (Å²) in [6.07, 6.45) is 0.989. The summed E-state index contributed by atoms with van der Waals surface area (Å²) in [7, 11) is 0. The third-order valence-corrected chi connectivity index (χ3v) is 3.60. The second-order valence-electron chi connectivity index (χ2n) is 5.15. The number of hydrogen-bond acceptors (Lipinski definition) is 2. The molecule has 0 amide bonds. The van der Waals surface area contributed by atoms with Crippen molar-refractivity contribution in [2.45, 2.75) is 33.1 Å². The van der Waals surface area contributed by atoms with E-state index in [0.717, 1.165) is 12.0 Å². The Morgan fingerprint density at radius 1 is 1.19 bits per heavy atom. The van der Waals surface area contributed by atoms with Crippen molar-refractivity contribution in [1.29, 1.82) is 0 Å². The predicted molar refractivity (Wildman–Crippen MR) is 81.6 cm³/mol. The van der Waals surface area contributed by atoms with Crippen molar-refractivity contribution >= 4 is 5.78 Å². The van der Waals surface area contributed by atoms with Crippen LogP contribution in [0.5, 0.6) is 11.5 Å². The molecule has 0 radical (unpaired) electrons. The zero-order chi connectivity index (χ0) is 15.4. The number of halogens is 1. The lowest BCUT2D eigenvalue weighted by Gasteiger charge is -2.16. The fourth-order valence-electron chi connectivity index (χ4n) is 2.19. The van der Waals surface area contributed by atoms with Gasteiger partial charge in [0.05, 0.1) is 5.56 Å². The molecule has 0 heterocycles. The molecule has 2 rings (SSSR count). The lowest BCUT2D eigenvalue weighted by molar-refractivity contribution is 0.101. The highest BCUT2D eigenvalue weighted by atomic mass is 19.1. The van der Waals surface area contributed by atoms with Gasteiger partial charge in [0.2, 0.25) is 0 Å². The molecular formula is C18H19FO2. The second-order valence-corrected chi connectivity index (χ2v) is 5.15. The number of benzene rings is 2. The standard InChI is InChI=1S/C18H19FO2/c1-4-12(2)15-7-5-6-8-17(15)21-18-10-9-14(19)11-16(18)13(3)20/h5-12H,4H2,1-3H3. The number of hydrogen-bond donors (Lipinski definition) is 0. The average molecular weight is 286 g/mol. The molecule has 0 aliphatic carbocycles. The molecule has 21 heavy (non-hydrogen) atoms. The molecule has 0 spiro atoms. The van der Waals surface area contributed by atoms with Crippen molar-refractivity contribution in [1.82, 2.24) is 0 Å². The number of Topliss-reactive ketones (excluding diaryl/α,β-unsaturated/α-hetero) is 1. The summed E-state index contributed by atoms with van der Waals surface area (Å²) in [4.78, 5) is 11.6. The maximum Gasteiger partial charge on any atom is 0.163 e. The Morgan fingerprint density at radius 2 is 1.90 bits per heavy atom. The van der Waals surface area contributed by atoms with Crippen molar-refractivity contribution in [3.8, 4) is 11.5 Å². The fraction of sp³-hybridized carbons (Fsp3) is 0.278. The van der Waals surface area contributed by atoms with Crippen molar-refractivity contribution in [2.75, 3.05) is 0 Å². The quantitative estimate of drug-likeness (QED) is 0.694. The van der Waals surface area contributed by atoms with E-state index in [4.69, 9.17) is 4.74 Å². The van der Waals surface area contributed by atoms with Crippen LogP contribution in [0.1, 0.15) is 49.0 Å². The third-order valence-electron chi connectivity index (χ3n) is 3.60. The maximum absolute atomic E-state index is 13.3. The van der Waals surface area contributed by atoms with E-state index in [1.807, 2.05) is 24.3 Å². The topological polar surface area (TPSA) is 26.3 Å². The fourth-order valence-corrected chi connectivity index (χ4v) is 2.19. The van der Waals surface area contributed by atoms with Crippen LogP contribution in [0.3, 0.4) is 0 Å². The van der Waals surface area contributed by atoms with E-state index in [1.165, 1.54) is 25.1 Å². The summed E-state index contributed by atoms with van der Waals surface area (Å²) < 4.78 is 19.2. The molecule has 0 bridgehead atoms. The largest absolute Gasteiger partial charge is 0.456 e.